The molecule has 0 bridgehead atoms. The lowest BCUT2D eigenvalue weighted by Gasteiger charge is -2.20. The number of nitrogens with zero attached hydrogens (tertiary/aromatic N) is 2. The van der Waals surface area contributed by atoms with Gasteiger partial charge in [-0.1, -0.05) is 12.1 Å². The van der Waals surface area contributed by atoms with Gasteiger partial charge >= 0.3 is 0 Å². The predicted molar refractivity (Wildman–Crippen MR) is 117 cm³/mol. The van der Waals surface area contributed by atoms with Crippen LogP contribution >= 0.6 is 11.3 Å². The number of halogens is 3. The summed E-state index contributed by atoms with van der Waals surface area (Å²) < 4.78 is 40.3. The smallest absolute Gasteiger partial charge is 0.230 e. The number of aryl methyl sites for hydroxylation is 2. The summed E-state index contributed by atoms with van der Waals surface area (Å²) in [5, 5.41) is 4.68. The van der Waals surface area contributed by atoms with Crippen LogP contribution in [-0.2, 0) is 24.1 Å². The molecule has 160 valence electrons. The Labute approximate surface area is 185 Å². The molecule has 0 unspecified atom stereocenters. The van der Waals surface area contributed by atoms with Crippen molar-refractivity contribution in [3.8, 4) is 21.8 Å². The Morgan fingerprint density at radius 2 is 1.84 bits per heavy atom. The zero-order valence-electron chi connectivity index (χ0n) is 16.7. The van der Waals surface area contributed by atoms with Gasteiger partial charge in [0.15, 0.2) is 17.5 Å². The minimum absolute atomic E-state index is 0.137. The van der Waals surface area contributed by atoms with E-state index in [1.54, 1.807) is 6.07 Å². The van der Waals surface area contributed by atoms with Gasteiger partial charge in [0.05, 0.1) is 22.7 Å². The van der Waals surface area contributed by atoms with Crippen LogP contribution in [0.4, 0.5) is 19.0 Å². The number of rotatable bonds is 4. The molecule has 1 aliphatic rings. The summed E-state index contributed by atoms with van der Waals surface area (Å²) in [5.74, 6) is -2.36. The van der Waals surface area contributed by atoms with Gasteiger partial charge in [-0.05, 0) is 65.7 Å². The number of amides is 1. The first-order chi connectivity index (χ1) is 15.5. The van der Waals surface area contributed by atoms with Crippen molar-refractivity contribution in [1.82, 2.24) is 9.97 Å². The number of fused-ring (bicyclic) bond motifs is 3. The summed E-state index contributed by atoms with van der Waals surface area (Å²) in [4.78, 5) is 23.0. The average molecular weight is 451 g/mol. The third kappa shape index (κ3) is 3.89. The zero-order valence-corrected chi connectivity index (χ0v) is 17.5. The van der Waals surface area contributed by atoms with Gasteiger partial charge in [0.2, 0.25) is 5.91 Å². The zero-order chi connectivity index (χ0) is 22.2. The number of nitrogens with one attached hydrogen (secondary N) is 1. The van der Waals surface area contributed by atoms with Gasteiger partial charge in [-0.25, -0.2) is 23.1 Å². The minimum Gasteiger partial charge on any atom is -0.309 e. The summed E-state index contributed by atoms with van der Waals surface area (Å²) in [6.45, 7) is 0. The maximum Gasteiger partial charge on any atom is 0.230 e. The van der Waals surface area contributed by atoms with Crippen LogP contribution in [0, 0.1) is 17.5 Å². The van der Waals surface area contributed by atoms with Crippen LogP contribution in [0.25, 0.3) is 21.8 Å². The van der Waals surface area contributed by atoms with Gasteiger partial charge in [-0.2, -0.15) is 0 Å². The van der Waals surface area contributed by atoms with Crippen molar-refractivity contribution in [1.29, 1.82) is 0 Å². The Bertz CT molecular complexity index is 1340. The van der Waals surface area contributed by atoms with E-state index in [1.165, 1.54) is 29.5 Å². The second kappa shape index (κ2) is 8.20. The molecule has 0 spiro atoms. The molecule has 2 aromatic heterocycles. The first-order valence-corrected chi connectivity index (χ1v) is 10.8. The summed E-state index contributed by atoms with van der Waals surface area (Å²) >= 11 is 1.45. The van der Waals surface area contributed by atoms with Crippen LogP contribution in [0.15, 0.2) is 53.9 Å². The Balaban J connectivity index is 1.51. The van der Waals surface area contributed by atoms with E-state index in [1.807, 2.05) is 17.5 Å². The highest BCUT2D eigenvalue weighted by atomic mass is 32.1. The molecule has 2 heterocycles. The fourth-order valence-electron chi connectivity index (χ4n) is 3.80. The Morgan fingerprint density at radius 3 is 2.62 bits per heavy atom. The molecule has 0 saturated carbocycles. The number of aromatic nitrogens is 2. The lowest BCUT2D eigenvalue weighted by atomic mass is 9.91. The highest BCUT2D eigenvalue weighted by molar-refractivity contribution is 7.13. The molecule has 1 aliphatic carbocycles. The molecular weight excluding hydrogens is 435 g/mol. The lowest BCUT2D eigenvalue weighted by molar-refractivity contribution is -0.115. The van der Waals surface area contributed by atoms with Crippen molar-refractivity contribution >= 4 is 23.1 Å². The number of anilines is 1. The minimum atomic E-state index is -1.00. The van der Waals surface area contributed by atoms with Gasteiger partial charge in [-0.3, -0.25) is 4.79 Å². The first-order valence-electron chi connectivity index (χ1n) is 9.95. The molecule has 0 saturated heterocycles. The Hall–Kier alpha value is -3.52. The second-order valence-electron chi connectivity index (χ2n) is 7.47. The topological polar surface area (TPSA) is 54.9 Å². The standard InChI is InChI=1S/C24H16F3N3OS/c25-15-5-6-16-14(12-15)4-8-19-22(16)30-23(20-2-1-9-32-20)24(28-19)29-21(31)11-13-3-7-17(26)18(27)10-13/h1-3,5-7,9-10,12H,4,8,11H2,(H,28,29,31). The van der Waals surface area contributed by atoms with Crippen molar-refractivity contribution < 1.29 is 18.0 Å². The number of benzene rings is 2. The number of hydrogen-bond donors (Lipinski definition) is 1. The summed E-state index contributed by atoms with van der Waals surface area (Å²) in [5.41, 5.74) is 3.95. The van der Waals surface area contributed by atoms with E-state index in [0.29, 0.717) is 41.3 Å². The average Bonchev–Trinajstić information content (AvgIpc) is 3.30. The molecule has 32 heavy (non-hydrogen) atoms. The summed E-state index contributed by atoms with van der Waals surface area (Å²) in [6.07, 6.45) is 1.05. The van der Waals surface area contributed by atoms with E-state index >= 15 is 0 Å². The predicted octanol–water partition coefficient (Wildman–Crippen LogP) is 5.57. The molecule has 0 atom stereocenters. The van der Waals surface area contributed by atoms with E-state index in [0.717, 1.165) is 28.1 Å². The van der Waals surface area contributed by atoms with Crippen LogP contribution in [0.5, 0.6) is 0 Å². The number of carbonyl (C=O) groups excluding carboxylic acids is 1. The van der Waals surface area contributed by atoms with Gasteiger partial charge < -0.3 is 5.32 Å². The van der Waals surface area contributed by atoms with Crippen molar-refractivity contribution in [3.05, 3.63) is 88.2 Å². The maximum atomic E-state index is 13.7. The normalized spacial score (nSPS) is 12.2. The van der Waals surface area contributed by atoms with Crippen LogP contribution in [0.3, 0.4) is 0 Å². The number of thiophene rings is 1. The lowest BCUT2D eigenvalue weighted by Crippen LogP contribution is -2.19. The van der Waals surface area contributed by atoms with Gasteiger partial charge in [0, 0.05) is 5.56 Å². The van der Waals surface area contributed by atoms with Crippen molar-refractivity contribution in [2.75, 3.05) is 5.32 Å². The van der Waals surface area contributed by atoms with Crippen LogP contribution in [0.2, 0.25) is 0 Å². The van der Waals surface area contributed by atoms with Crippen molar-refractivity contribution in [2.24, 2.45) is 0 Å². The van der Waals surface area contributed by atoms with E-state index in [9.17, 15) is 18.0 Å². The summed E-state index contributed by atoms with van der Waals surface area (Å²) in [7, 11) is 0. The fraction of sp³-hybridized carbons (Fsp3) is 0.125. The van der Waals surface area contributed by atoms with Gasteiger partial charge in [-0.15, -0.1) is 11.3 Å². The Kier molecular flexibility index (Phi) is 5.22. The van der Waals surface area contributed by atoms with Crippen molar-refractivity contribution in [3.63, 3.8) is 0 Å². The maximum absolute atomic E-state index is 13.7. The van der Waals surface area contributed by atoms with E-state index in [-0.39, 0.29) is 12.2 Å². The van der Waals surface area contributed by atoms with Crippen LogP contribution in [0.1, 0.15) is 16.8 Å². The molecule has 1 N–H and O–H groups in total. The van der Waals surface area contributed by atoms with E-state index in [4.69, 9.17) is 4.98 Å². The van der Waals surface area contributed by atoms with Crippen LogP contribution < -0.4 is 5.32 Å². The van der Waals surface area contributed by atoms with Crippen molar-refractivity contribution in [2.45, 2.75) is 19.3 Å². The highest BCUT2D eigenvalue weighted by Crippen LogP contribution is 2.37. The first kappa shape index (κ1) is 20.4. The number of carbonyl (C=O) groups is 1. The Morgan fingerprint density at radius 1 is 0.969 bits per heavy atom. The third-order valence-electron chi connectivity index (χ3n) is 5.28. The molecule has 0 radical (unpaired) electrons. The van der Waals surface area contributed by atoms with Gasteiger partial charge in [0.25, 0.3) is 0 Å². The molecule has 4 aromatic rings. The molecule has 0 aliphatic heterocycles. The number of hydrogen-bond acceptors (Lipinski definition) is 4. The largest absolute Gasteiger partial charge is 0.309 e. The van der Waals surface area contributed by atoms with Gasteiger partial charge in [0.1, 0.15) is 11.5 Å². The fourth-order valence-corrected chi connectivity index (χ4v) is 4.51. The molecule has 0 fully saturated rings. The second-order valence-corrected chi connectivity index (χ2v) is 8.42. The summed E-state index contributed by atoms with van der Waals surface area (Å²) in [6, 6.07) is 11.7. The third-order valence-corrected chi connectivity index (χ3v) is 6.16. The monoisotopic (exact) mass is 451 g/mol. The molecular formula is C24H16F3N3OS. The molecule has 8 heteroatoms. The molecule has 5 rings (SSSR count). The molecule has 4 nitrogen and oxygen atoms in total. The van der Waals surface area contributed by atoms with E-state index in [2.05, 4.69) is 10.3 Å². The van der Waals surface area contributed by atoms with Crippen LogP contribution in [-0.4, -0.2) is 15.9 Å². The SMILES string of the molecule is O=C(Cc1ccc(F)c(F)c1)Nc1nc2c(nc1-c1cccs1)-c1ccc(F)cc1CC2. The quantitative estimate of drug-likeness (QED) is 0.441. The molecule has 2 aromatic carbocycles. The highest BCUT2D eigenvalue weighted by Gasteiger charge is 2.24. The van der Waals surface area contributed by atoms with E-state index < -0.39 is 17.5 Å². The molecule has 1 amide bonds.